The molecule has 0 spiro atoms. The van der Waals surface area contributed by atoms with Crippen molar-refractivity contribution in [3.8, 4) is 0 Å². The Bertz CT molecular complexity index is 561. The predicted molar refractivity (Wildman–Crippen MR) is 83.4 cm³/mol. The average Bonchev–Trinajstić information content (AvgIpc) is 2.87. The standard InChI is InChI=1S/C17H23NO5/c1-10(9-19)14(20)11(2)16(21)18-12(3)15(23-17(18)22)13-7-5-4-6-8-13/h4-8,10-12,14-15,19-20H,9H2,1-3H3/t10-,11+,12+,14-,15+/m0/s1. The molecule has 1 aliphatic rings. The second-order valence-corrected chi connectivity index (χ2v) is 6.10. The monoisotopic (exact) mass is 321 g/mol. The smallest absolute Gasteiger partial charge is 0.417 e. The van der Waals surface area contributed by atoms with Crippen molar-refractivity contribution in [2.24, 2.45) is 11.8 Å². The first-order chi connectivity index (χ1) is 10.9. The van der Waals surface area contributed by atoms with Crippen LogP contribution in [0.4, 0.5) is 4.79 Å². The van der Waals surface area contributed by atoms with Gasteiger partial charge in [-0.2, -0.15) is 0 Å². The zero-order chi connectivity index (χ0) is 17.1. The van der Waals surface area contributed by atoms with Gasteiger partial charge in [-0.3, -0.25) is 4.79 Å². The lowest BCUT2D eigenvalue weighted by atomic mass is 9.92. The lowest BCUT2D eigenvalue weighted by Crippen LogP contribution is -2.45. The highest BCUT2D eigenvalue weighted by Gasteiger charge is 2.45. The summed E-state index contributed by atoms with van der Waals surface area (Å²) in [6.07, 6.45) is -2.25. The van der Waals surface area contributed by atoms with Crippen molar-refractivity contribution in [2.45, 2.75) is 39.0 Å². The quantitative estimate of drug-likeness (QED) is 0.862. The van der Waals surface area contributed by atoms with Crippen LogP contribution in [-0.2, 0) is 9.53 Å². The minimum Gasteiger partial charge on any atom is -0.439 e. The number of hydrogen-bond acceptors (Lipinski definition) is 5. The first-order valence-electron chi connectivity index (χ1n) is 7.76. The van der Waals surface area contributed by atoms with Gasteiger partial charge in [-0.25, -0.2) is 9.69 Å². The molecule has 0 radical (unpaired) electrons. The third-order valence-electron chi connectivity index (χ3n) is 4.41. The number of carbonyl (C=O) groups is 2. The van der Waals surface area contributed by atoms with Crippen LogP contribution in [0.15, 0.2) is 30.3 Å². The maximum atomic E-state index is 12.6. The van der Waals surface area contributed by atoms with Crippen LogP contribution in [-0.4, -0.2) is 45.9 Å². The third kappa shape index (κ3) is 3.38. The number of aliphatic hydroxyl groups is 2. The number of benzene rings is 1. The molecular weight excluding hydrogens is 298 g/mol. The van der Waals surface area contributed by atoms with Crippen LogP contribution in [0.25, 0.3) is 0 Å². The normalized spacial score (nSPS) is 24.9. The number of nitrogens with zero attached hydrogens (tertiary/aromatic N) is 1. The third-order valence-corrected chi connectivity index (χ3v) is 4.41. The van der Waals surface area contributed by atoms with Crippen molar-refractivity contribution in [3.63, 3.8) is 0 Å². The Morgan fingerprint density at radius 1 is 1.30 bits per heavy atom. The van der Waals surface area contributed by atoms with Gasteiger partial charge in [0, 0.05) is 12.5 Å². The maximum absolute atomic E-state index is 12.6. The molecule has 2 N–H and O–H groups in total. The molecule has 0 unspecified atom stereocenters. The summed E-state index contributed by atoms with van der Waals surface area (Å²) in [5.74, 6) is -1.75. The summed E-state index contributed by atoms with van der Waals surface area (Å²) in [6.45, 7) is 4.71. The molecule has 126 valence electrons. The lowest BCUT2D eigenvalue weighted by molar-refractivity contribution is -0.137. The van der Waals surface area contributed by atoms with Gasteiger partial charge >= 0.3 is 6.09 Å². The van der Waals surface area contributed by atoms with Crippen LogP contribution < -0.4 is 0 Å². The van der Waals surface area contributed by atoms with Crippen molar-refractivity contribution >= 4 is 12.0 Å². The van der Waals surface area contributed by atoms with Crippen molar-refractivity contribution in [3.05, 3.63) is 35.9 Å². The Labute approximate surface area is 135 Å². The van der Waals surface area contributed by atoms with Gasteiger partial charge in [0.05, 0.1) is 18.1 Å². The van der Waals surface area contributed by atoms with Crippen molar-refractivity contribution in [2.75, 3.05) is 6.61 Å². The zero-order valence-electron chi connectivity index (χ0n) is 13.5. The van der Waals surface area contributed by atoms with Gasteiger partial charge in [-0.1, -0.05) is 44.2 Å². The first-order valence-corrected chi connectivity index (χ1v) is 7.76. The molecule has 2 amide bonds. The number of cyclic esters (lactones) is 1. The minimum atomic E-state index is -1.02. The second kappa shape index (κ2) is 7.10. The highest BCUT2D eigenvalue weighted by Crippen LogP contribution is 2.33. The van der Waals surface area contributed by atoms with Crippen LogP contribution in [0.2, 0.25) is 0 Å². The van der Waals surface area contributed by atoms with E-state index in [1.54, 1.807) is 20.8 Å². The molecular formula is C17H23NO5. The summed E-state index contributed by atoms with van der Waals surface area (Å²) < 4.78 is 5.35. The Balaban J connectivity index is 2.16. The molecule has 5 atom stereocenters. The molecule has 0 bridgehead atoms. The van der Waals surface area contributed by atoms with E-state index in [1.807, 2.05) is 30.3 Å². The number of amides is 2. The molecule has 23 heavy (non-hydrogen) atoms. The van der Waals surface area contributed by atoms with Gasteiger partial charge in [-0.15, -0.1) is 0 Å². The average molecular weight is 321 g/mol. The molecule has 0 saturated carbocycles. The van der Waals surface area contributed by atoms with E-state index in [0.717, 1.165) is 10.5 Å². The second-order valence-electron chi connectivity index (χ2n) is 6.10. The van der Waals surface area contributed by atoms with E-state index in [1.165, 1.54) is 0 Å². The molecule has 1 aliphatic heterocycles. The van der Waals surface area contributed by atoms with E-state index in [9.17, 15) is 14.7 Å². The fourth-order valence-electron chi connectivity index (χ4n) is 2.81. The molecule has 1 saturated heterocycles. The predicted octanol–water partition coefficient (Wildman–Crippen LogP) is 1.72. The van der Waals surface area contributed by atoms with Crippen LogP contribution in [0.3, 0.4) is 0 Å². The summed E-state index contributed by atoms with van der Waals surface area (Å²) >= 11 is 0. The van der Waals surface area contributed by atoms with Crippen LogP contribution >= 0.6 is 0 Å². The first kappa shape index (κ1) is 17.4. The highest BCUT2D eigenvalue weighted by atomic mass is 16.6. The Kier molecular flexibility index (Phi) is 5.38. The van der Waals surface area contributed by atoms with Crippen molar-refractivity contribution < 1.29 is 24.5 Å². The summed E-state index contributed by atoms with van der Waals surface area (Å²) in [5, 5.41) is 19.2. The Morgan fingerprint density at radius 3 is 2.48 bits per heavy atom. The van der Waals surface area contributed by atoms with Gasteiger partial charge < -0.3 is 14.9 Å². The number of ether oxygens (including phenoxy) is 1. The minimum absolute atomic E-state index is 0.231. The lowest BCUT2D eigenvalue weighted by Gasteiger charge is -2.27. The summed E-state index contributed by atoms with van der Waals surface area (Å²) in [4.78, 5) is 25.8. The van der Waals surface area contributed by atoms with E-state index in [0.29, 0.717) is 0 Å². The molecule has 2 rings (SSSR count). The number of aliphatic hydroxyl groups excluding tert-OH is 2. The van der Waals surface area contributed by atoms with Gasteiger partial charge in [0.1, 0.15) is 6.10 Å². The van der Waals surface area contributed by atoms with Gasteiger partial charge in [0.2, 0.25) is 5.91 Å². The van der Waals surface area contributed by atoms with E-state index in [4.69, 9.17) is 9.84 Å². The van der Waals surface area contributed by atoms with Crippen LogP contribution in [0.5, 0.6) is 0 Å². The molecule has 0 aromatic heterocycles. The van der Waals surface area contributed by atoms with E-state index in [-0.39, 0.29) is 6.61 Å². The summed E-state index contributed by atoms with van der Waals surface area (Å²) in [6, 6.07) is 8.77. The van der Waals surface area contributed by atoms with Gasteiger partial charge in [-0.05, 0) is 12.5 Å². The summed E-state index contributed by atoms with van der Waals surface area (Å²) in [7, 11) is 0. The molecule has 1 aromatic carbocycles. The van der Waals surface area contributed by atoms with E-state index >= 15 is 0 Å². The zero-order valence-corrected chi connectivity index (χ0v) is 13.5. The maximum Gasteiger partial charge on any atom is 0.417 e. The van der Waals surface area contributed by atoms with E-state index in [2.05, 4.69) is 0 Å². The fraction of sp³-hybridized carbons (Fsp3) is 0.529. The number of hydrogen-bond donors (Lipinski definition) is 2. The summed E-state index contributed by atoms with van der Waals surface area (Å²) in [5.41, 5.74) is 0.820. The molecule has 6 nitrogen and oxygen atoms in total. The van der Waals surface area contributed by atoms with Gasteiger partial charge in [0.25, 0.3) is 0 Å². The highest BCUT2D eigenvalue weighted by molar-refractivity contribution is 5.95. The van der Waals surface area contributed by atoms with Crippen LogP contribution in [0.1, 0.15) is 32.4 Å². The molecule has 6 heteroatoms. The number of rotatable bonds is 5. The SMILES string of the molecule is C[C@@H]1[C@H](c2ccccc2)OC(=O)N1C(=O)[C@H](C)[C@@H](O)[C@@H](C)CO. The largest absolute Gasteiger partial charge is 0.439 e. The van der Waals surface area contributed by atoms with Gasteiger partial charge in [0.15, 0.2) is 0 Å². The number of imide groups is 1. The molecule has 1 aromatic rings. The van der Waals surface area contributed by atoms with Crippen LogP contribution in [0, 0.1) is 11.8 Å². The van der Waals surface area contributed by atoms with Crippen molar-refractivity contribution in [1.29, 1.82) is 0 Å². The molecule has 0 aliphatic carbocycles. The molecule has 1 fully saturated rings. The topological polar surface area (TPSA) is 87.1 Å². The Morgan fingerprint density at radius 2 is 1.91 bits per heavy atom. The van der Waals surface area contributed by atoms with E-state index < -0.39 is 42.1 Å². The van der Waals surface area contributed by atoms with Crippen molar-refractivity contribution in [1.82, 2.24) is 4.90 Å². The fourth-order valence-corrected chi connectivity index (χ4v) is 2.81. The Hall–Kier alpha value is -1.92. The molecule has 1 heterocycles. The number of carbonyl (C=O) groups excluding carboxylic acids is 2.